The molecule has 0 aliphatic carbocycles. The highest BCUT2D eigenvalue weighted by atomic mass is 32.2. The zero-order valence-electron chi connectivity index (χ0n) is 16.3. The number of carbonyl (C=O) groups is 1. The molecule has 2 heterocycles. The molecule has 0 radical (unpaired) electrons. The van der Waals surface area contributed by atoms with Crippen molar-refractivity contribution in [3.8, 4) is 0 Å². The van der Waals surface area contributed by atoms with E-state index in [1.807, 2.05) is 25.8 Å². The van der Waals surface area contributed by atoms with Crippen molar-refractivity contribution in [1.29, 1.82) is 0 Å². The SMILES string of the molecule is CC(=O)Nc1ccc(S(=O)(=O)N[C@H]2C[C@H](c3nc(C(C)C)no3)N(C)C2)cc1. The number of hydrogen-bond donors (Lipinski definition) is 2. The Balaban J connectivity index is 1.68. The molecule has 0 bridgehead atoms. The molecular weight excluding hydrogens is 382 g/mol. The average Bonchev–Trinajstić information content (AvgIpc) is 3.21. The standard InChI is InChI=1S/C18H25N5O4S/c1-11(2)17-20-18(27-21-17)16-9-14(10-23(16)4)22-28(25,26)15-7-5-13(6-8-15)19-12(3)24/h5-8,11,14,16,22H,9-10H2,1-4H3,(H,19,24)/t14-,16+/m0/s1. The van der Waals surface area contributed by atoms with E-state index >= 15 is 0 Å². The third kappa shape index (κ3) is 4.57. The largest absolute Gasteiger partial charge is 0.338 e. The van der Waals surface area contributed by atoms with E-state index in [1.165, 1.54) is 19.1 Å². The number of likely N-dealkylation sites (tertiary alicyclic amines) is 1. The Kier molecular flexibility index (Phi) is 5.82. The van der Waals surface area contributed by atoms with E-state index in [0.29, 0.717) is 30.4 Å². The number of amides is 1. The quantitative estimate of drug-likeness (QED) is 0.750. The molecule has 0 saturated carbocycles. The number of nitrogens with zero attached hydrogens (tertiary/aromatic N) is 3. The number of rotatable bonds is 6. The van der Waals surface area contributed by atoms with Gasteiger partial charge < -0.3 is 9.84 Å². The van der Waals surface area contributed by atoms with Crippen LogP contribution < -0.4 is 10.0 Å². The minimum atomic E-state index is -3.68. The van der Waals surface area contributed by atoms with Crippen LogP contribution in [0.3, 0.4) is 0 Å². The molecule has 1 fully saturated rings. The lowest BCUT2D eigenvalue weighted by molar-refractivity contribution is -0.114. The molecule has 2 atom stereocenters. The van der Waals surface area contributed by atoms with Crippen LogP contribution in [0.25, 0.3) is 0 Å². The van der Waals surface area contributed by atoms with E-state index in [2.05, 4.69) is 20.2 Å². The Morgan fingerprint density at radius 3 is 2.54 bits per heavy atom. The summed E-state index contributed by atoms with van der Waals surface area (Å²) in [5.74, 6) is 1.11. The third-order valence-electron chi connectivity index (χ3n) is 4.61. The van der Waals surface area contributed by atoms with Gasteiger partial charge in [0.1, 0.15) is 0 Å². The van der Waals surface area contributed by atoms with Gasteiger partial charge in [0, 0.05) is 31.1 Å². The molecule has 0 spiro atoms. The third-order valence-corrected chi connectivity index (χ3v) is 6.15. The highest BCUT2D eigenvalue weighted by molar-refractivity contribution is 7.89. The Labute approximate surface area is 164 Å². The van der Waals surface area contributed by atoms with Gasteiger partial charge in [-0.25, -0.2) is 13.1 Å². The summed E-state index contributed by atoms with van der Waals surface area (Å²) in [4.78, 5) is 17.7. The summed E-state index contributed by atoms with van der Waals surface area (Å²) in [6, 6.07) is 5.66. The molecule has 28 heavy (non-hydrogen) atoms. The van der Waals surface area contributed by atoms with Crippen LogP contribution in [-0.2, 0) is 14.8 Å². The first kappa shape index (κ1) is 20.4. The van der Waals surface area contributed by atoms with Crippen LogP contribution in [0.5, 0.6) is 0 Å². The fraction of sp³-hybridized carbons (Fsp3) is 0.500. The van der Waals surface area contributed by atoms with Gasteiger partial charge in [-0.2, -0.15) is 4.98 Å². The number of aromatic nitrogens is 2. The number of hydrogen-bond acceptors (Lipinski definition) is 7. The molecule has 2 N–H and O–H groups in total. The lowest BCUT2D eigenvalue weighted by Crippen LogP contribution is -2.36. The average molecular weight is 407 g/mol. The van der Waals surface area contributed by atoms with Crippen LogP contribution in [0.4, 0.5) is 5.69 Å². The molecule has 9 nitrogen and oxygen atoms in total. The van der Waals surface area contributed by atoms with E-state index in [1.54, 1.807) is 12.1 Å². The highest BCUT2D eigenvalue weighted by Crippen LogP contribution is 2.31. The molecule has 1 aliphatic rings. The van der Waals surface area contributed by atoms with Crippen LogP contribution in [-0.4, -0.2) is 49.0 Å². The maximum Gasteiger partial charge on any atom is 0.244 e. The predicted octanol–water partition coefficient (Wildman–Crippen LogP) is 1.88. The van der Waals surface area contributed by atoms with Crippen molar-refractivity contribution in [1.82, 2.24) is 19.8 Å². The molecule has 152 valence electrons. The normalized spacial score (nSPS) is 20.6. The Morgan fingerprint density at radius 2 is 1.96 bits per heavy atom. The first-order valence-corrected chi connectivity index (χ1v) is 10.6. The number of likely N-dealkylation sites (N-methyl/N-ethyl adjacent to an activating group) is 1. The van der Waals surface area contributed by atoms with Gasteiger partial charge >= 0.3 is 0 Å². The van der Waals surface area contributed by atoms with Crippen LogP contribution in [0.15, 0.2) is 33.7 Å². The second-order valence-corrected chi connectivity index (χ2v) is 9.07. The van der Waals surface area contributed by atoms with Gasteiger partial charge in [0.25, 0.3) is 0 Å². The fourth-order valence-corrected chi connectivity index (χ4v) is 4.44. The van der Waals surface area contributed by atoms with Gasteiger partial charge in [0.2, 0.25) is 21.8 Å². The van der Waals surface area contributed by atoms with Crippen molar-refractivity contribution in [2.45, 2.75) is 50.1 Å². The molecule has 1 amide bonds. The molecule has 2 aromatic rings. The van der Waals surface area contributed by atoms with E-state index in [4.69, 9.17) is 4.52 Å². The summed E-state index contributed by atoms with van der Waals surface area (Å²) < 4.78 is 33.5. The fourth-order valence-electron chi connectivity index (χ4n) is 3.20. The van der Waals surface area contributed by atoms with Crippen molar-refractivity contribution in [3.05, 3.63) is 36.0 Å². The summed E-state index contributed by atoms with van der Waals surface area (Å²) in [7, 11) is -1.78. The van der Waals surface area contributed by atoms with Crippen LogP contribution in [0.1, 0.15) is 50.9 Å². The van der Waals surface area contributed by atoms with E-state index in [0.717, 1.165) is 0 Å². The lowest BCUT2D eigenvalue weighted by atomic mass is 10.2. The second-order valence-electron chi connectivity index (χ2n) is 7.36. The number of nitrogens with one attached hydrogen (secondary N) is 2. The van der Waals surface area contributed by atoms with E-state index < -0.39 is 10.0 Å². The van der Waals surface area contributed by atoms with Crippen molar-refractivity contribution in [2.24, 2.45) is 0 Å². The minimum absolute atomic E-state index is 0.130. The number of carbonyl (C=O) groups excluding carboxylic acids is 1. The Bertz CT molecular complexity index is 939. The van der Waals surface area contributed by atoms with Gasteiger partial charge in [0.15, 0.2) is 5.82 Å². The van der Waals surface area contributed by atoms with Gasteiger partial charge in [-0.05, 0) is 37.7 Å². The maximum atomic E-state index is 12.7. The Hall–Kier alpha value is -2.30. The zero-order chi connectivity index (χ0) is 20.5. The summed E-state index contributed by atoms with van der Waals surface area (Å²) >= 11 is 0. The monoisotopic (exact) mass is 407 g/mol. The number of benzene rings is 1. The van der Waals surface area contributed by atoms with Crippen molar-refractivity contribution in [3.63, 3.8) is 0 Å². The summed E-state index contributed by atoms with van der Waals surface area (Å²) in [5.41, 5.74) is 0.546. The first-order chi connectivity index (χ1) is 13.2. The van der Waals surface area contributed by atoms with E-state index in [9.17, 15) is 13.2 Å². The summed E-state index contributed by atoms with van der Waals surface area (Å²) in [5, 5.41) is 6.60. The van der Waals surface area contributed by atoms with Gasteiger partial charge in [-0.3, -0.25) is 9.69 Å². The molecule has 3 rings (SSSR count). The molecule has 1 saturated heterocycles. The van der Waals surface area contributed by atoms with Crippen LogP contribution in [0.2, 0.25) is 0 Å². The van der Waals surface area contributed by atoms with Crippen molar-refractivity contribution < 1.29 is 17.7 Å². The summed E-state index contributed by atoms with van der Waals surface area (Å²) in [6.45, 7) is 5.91. The molecule has 10 heteroatoms. The summed E-state index contributed by atoms with van der Waals surface area (Å²) in [6.07, 6.45) is 0.541. The maximum absolute atomic E-state index is 12.7. The molecule has 1 aromatic carbocycles. The predicted molar refractivity (Wildman–Crippen MR) is 103 cm³/mol. The number of anilines is 1. The molecule has 0 unspecified atom stereocenters. The van der Waals surface area contributed by atoms with Crippen LogP contribution in [0, 0.1) is 0 Å². The molecule has 1 aliphatic heterocycles. The zero-order valence-corrected chi connectivity index (χ0v) is 17.2. The smallest absolute Gasteiger partial charge is 0.244 e. The molecule has 1 aromatic heterocycles. The topological polar surface area (TPSA) is 117 Å². The van der Waals surface area contributed by atoms with Crippen LogP contribution >= 0.6 is 0 Å². The van der Waals surface area contributed by atoms with Crippen molar-refractivity contribution in [2.75, 3.05) is 18.9 Å². The van der Waals surface area contributed by atoms with Gasteiger partial charge in [-0.15, -0.1) is 0 Å². The van der Waals surface area contributed by atoms with Crippen molar-refractivity contribution >= 4 is 21.6 Å². The van der Waals surface area contributed by atoms with Gasteiger partial charge in [0.05, 0.1) is 10.9 Å². The second kappa shape index (κ2) is 7.98. The molecular formula is C18H25N5O4S. The number of sulfonamides is 1. The minimum Gasteiger partial charge on any atom is -0.338 e. The van der Waals surface area contributed by atoms with E-state index in [-0.39, 0.29) is 28.8 Å². The first-order valence-electron chi connectivity index (χ1n) is 9.09. The highest BCUT2D eigenvalue weighted by Gasteiger charge is 2.36. The van der Waals surface area contributed by atoms with Gasteiger partial charge in [-0.1, -0.05) is 19.0 Å². The lowest BCUT2D eigenvalue weighted by Gasteiger charge is -2.14. The Morgan fingerprint density at radius 1 is 1.29 bits per heavy atom.